The van der Waals surface area contributed by atoms with Crippen molar-refractivity contribution in [2.45, 2.75) is 13.5 Å². The normalized spacial score (nSPS) is 10.5. The summed E-state index contributed by atoms with van der Waals surface area (Å²) in [5.41, 5.74) is 0.713. The Hall–Kier alpha value is -3.40. The van der Waals surface area contributed by atoms with Crippen LogP contribution in [0.3, 0.4) is 0 Å². The van der Waals surface area contributed by atoms with Gasteiger partial charge in [0.25, 0.3) is 11.1 Å². The number of rotatable bonds is 4. The van der Waals surface area contributed by atoms with Crippen molar-refractivity contribution in [1.82, 2.24) is 14.5 Å². The summed E-state index contributed by atoms with van der Waals surface area (Å²) in [4.78, 5) is 30.9. The average molecular weight is 321 g/mol. The lowest BCUT2D eigenvalue weighted by Gasteiger charge is -2.09. The molecule has 0 amide bonds. The lowest BCUT2D eigenvalue weighted by Crippen LogP contribution is -2.25. The first-order valence-corrected chi connectivity index (χ1v) is 7.41. The summed E-state index contributed by atoms with van der Waals surface area (Å²) in [6.07, 6.45) is 3.34. The highest BCUT2D eigenvalue weighted by molar-refractivity contribution is 5.78. The maximum atomic E-state index is 12.5. The van der Waals surface area contributed by atoms with Crippen LogP contribution in [0, 0.1) is 18.3 Å². The van der Waals surface area contributed by atoms with Crippen molar-refractivity contribution in [3.8, 4) is 6.07 Å². The fraction of sp³-hybridized carbons (Fsp3) is 0.176. The van der Waals surface area contributed by atoms with Crippen molar-refractivity contribution in [1.29, 1.82) is 5.26 Å². The molecule has 7 heteroatoms. The summed E-state index contributed by atoms with van der Waals surface area (Å²) in [6.45, 7) is 2.94. The van der Waals surface area contributed by atoms with E-state index in [9.17, 15) is 9.59 Å². The van der Waals surface area contributed by atoms with Gasteiger partial charge in [0.15, 0.2) is 0 Å². The number of hydrogen-bond donors (Lipinski definition) is 2. The second-order valence-corrected chi connectivity index (χ2v) is 5.41. The topological polar surface area (TPSA) is 104 Å². The number of hydrogen-bond acceptors (Lipinski definition) is 5. The molecule has 0 aliphatic carbocycles. The lowest BCUT2D eigenvalue weighted by atomic mass is 10.2. The molecular weight excluding hydrogens is 306 g/mol. The van der Waals surface area contributed by atoms with Gasteiger partial charge < -0.3 is 14.9 Å². The first-order chi connectivity index (χ1) is 11.6. The van der Waals surface area contributed by atoms with E-state index in [2.05, 4.69) is 15.3 Å². The number of aryl methyl sites for hydroxylation is 1. The smallest absolute Gasteiger partial charge is 0.266 e. The number of H-pyrrole nitrogens is 1. The fourth-order valence-electron chi connectivity index (χ4n) is 2.44. The molecule has 0 aliphatic heterocycles. The summed E-state index contributed by atoms with van der Waals surface area (Å²) in [6, 6.07) is 8.62. The van der Waals surface area contributed by atoms with E-state index in [4.69, 9.17) is 5.26 Å². The standard InChI is InChI=1S/C17H15N5O2/c1-11-2-4-19-15(8-11)20-5-7-22-6-3-14-13(17(22)24)9-12(10-18)16(23)21-14/h2-4,6,8-9H,5,7H2,1H3,(H,19,20)(H,21,23). The highest BCUT2D eigenvalue weighted by Gasteiger charge is 2.07. The third-order valence-electron chi connectivity index (χ3n) is 3.68. The SMILES string of the molecule is Cc1ccnc(NCCn2ccc3[nH]c(=O)c(C#N)cc3c2=O)c1. The molecule has 3 heterocycles. The van der Waals surface area contributed by atoms with Gasteiger partial charge in [-0.15, -0.1) is 0 Å². The van der Waals surface area contributed by atoms with Crippen LogP contribution in [0.25, 0.3) is 10.9 Å². The second-order valence-electron chi connectivity index (χ2n) is 5.41. The number of nitrogens with one attached hydrogen (secondary N) is 2. The van der Waals surface area contributed by atoms with Gasteiger partial charge in [0.1, 0.15) is 17.5 Å². The molecule has 0 bridgehead atoms. The molecule has 0 spiro atoms. The van der Waals surface area contributed by atoms with Crippen molar-refractivity contribution >= 4 is 16.7 Å². The average Bonchev–Trinajstić information content (AvgIpc) is 2.57. The zero-order valence-electron chi connectivity index (χ0n) is 13.0. The molecule has 0 saturated heterocycles. The van der Waals surface area contributed by atoms with Crippen molar-refractivity contribution < 1.29 is 0 Å². The van der Waals surface area contributed by atoms with Crippen molar-refractivity contribution in [2.75, 3.05) is 11.9 Å². The fourth-order valence-corrected chi connectivity index (χ4v) is 2.44. The number of pyridine rings is 3. The Morgan fingerprint density at radius 1 is 1.33 bits per heavy atom. The van der Waals surface area contributed by atoms with E-state index < -0.39 is 5.56 Å². The van der Waals surface area contributed by atoms with E-state index in [1.165, 1.54) is 10.6 Å². The molecule has 24 heavy (non-hydrogen) atoms. The minimum atomic E-state index is -0.491. The Balaban J connectivity index is 1.84. The van der Waals surface area contributed by atoms with Gasteiger partial charge >= 0.3 is 0 Å². The van der Waals surface area contributed by atoms with E-state index in [-0.39, 0.29) is 11.1 Å². The van der Waals surface area contributed by atoms with Gasteiger partial charge in [-0.25, -0.2) is 4.98 Å². The molecule has 3 aromatic rings. The van der Waals surface area contributed by atoms with Crippen LogP contribution in [0.4, 0.5) is 5.82 Å². The summed E-state index contributed by atoms with van der Waals surface area (Å²) in [7, 11) is 0. The van der Waals surface area contributed by atoms with Gasteiger partial charge in [-0.05, 0) is 36.8 Å². The quantitative estimate of drug-likeness (QED) is 0.755. The molecule has 120 valence electrons. The molecule has 7 nitrogen and oxygen atoms in total. The molecule has 3 rings (SSSR count). The van der Waals surface area contributed by atoms with Gasteiger partial charge in [0, 0.05) is 25.5 Å². The van der Waals surface area contributed by atoms with Gasteiger partial charge in [0.05, 0.1) is 10.9 Å². The molecule has 0 radical (unpaired) electrons. The Morgan fingerprint density at radius 3 is 2.92 bits per heavy atom. The third-order valence-corrected chi connectivity index (χ3v) is 3.68. The summed E-state index contributed by atoms with van der Waals surface area (Å²) < 4.78 is 1.53. The third kappa shape index (κ3) is 3.03. The molecular formula is C17H15N5O2. The monoisotopic (exact) mass is 321 g/mol. The molecule has 0 unspecified atom stereocenters. The zero-order chi connectivity index (χ0) is 17.1. The number of nitriles is 1. The van der Waals surface area contributed by atoms with Crippen LogP contribution < -0.4 is 16.4 Å². The van der Waals surface area contributed by atoms with E-state index in [1.807, 2.05) is 19.1 Å². The molecule has 0 saturated carbocycles. The van der Waals surface area contributed by atoms with Crippen LogP contribution in [-0.2, 0) is 6.54 Å². The van der Waals surface area contributed by atoms with Crippen molar-refractivity contribution in [3.05, 3.63) is 68.5 Å². The minimum absolute atomic E-state index is 0.0700. The van der Waals surface area contributed by atoms with Crippen LogP contribution in [0.1, 0.15) is 11.1 Å². The molecule has 3 aromatic heterocycles. The molecule has 0 atom stereocenters. The Labute approximate surface area is 137 Å². The molecule has 0 aromatic carbocycles. The number of nitrogens with zero attached hydrogens (tertiary/aromatic N) is 3. The van der Waals surface area contributed by atoms with E-state index >= 15 is 0 Å². The molecule has 2 N–H and O–H groups in total. The van der Waals surface area contributed by atoms with Crippen molar-refractivity contribution in [2.24, 2.45) is 0 Å². The van der Waals surface area contributed by atoms with Crippen LogP contribution >= 0.6 is 0 Å². The summed E-state index contributed by atoms with van der Waals surface area (Å²) in [5.74, 6) is 0.750. The first kappa shape index (κ1) is 15.5. The van der Waals surface area contributed by atoms with Gasteiger partial charge in [-0.2, -0.15) is 5.26 Å². The van der Waals surface area contributed by atoms with Crippen LogP contribution in [-0.4, -0.2) is 21.1 Å². The van der Waals surface area contributed by atoms with Crippen molar-refractivity contribution in [3.63, 3.8) is 0 Å². The highest BCUT2D eigenvalue weighted by Crippen LogP contribution is 2.07. The van der Waals surface area contributed by atoms with E-state index in [0.717, 1.165) is 11.4 Å². The summed E-state index contributed by atoms with van der Waals surface area (Å²) in [5, 5.41) is 12.4. The predicted octanol–water partition coefficient (Wildman–Crippen LogP) is 1.38. The van der Waals surface area contributed by atoms with E-state index in [1.54, 1.807) is 24.5 Å². The maximum Gasteiger partial charge on any atom is 0.266 e. The zero-order valence-corrected chi connectivity index (χ0v) is 13.0. The Morgan fingerprint density at radius 2 is 2.17 bits per heavy atom. The van der Waals surface area contributed by atoms with Crippen LogP contribution in [0.5, 0.6) is 0 Å². The van der Waals surface area contributed by atoms with Gasteiger partial charge in [-0.3, -0.25) is 9.59 Å². The first-order valence-electron chi connectivity index (χ1n) is 7.41. The highest BCUT2D eigenvalue weighted by atomic mass is 16.1. The minimum Gasteiger partial charge on any atom is -0.368 e. The largest absolute Gasteiger partial charge is 0.368 e. The van der Waals surface area contributed by atoms with Crippen LogP contribution in [0.2, 0.25) is 0 Å². The second kappa shape index (κ2) is 6.38. The Kier molecular flexibility index (Phi) is 4.12. The number of aromatic nitrogens is 3. The predicted molar refractivity (Wildman–Crippen MR) is 91.0 cm³/mol. The summed E-state index contributed by atoms with van der Waals surface area (Å²) >= 11 is 0. The molecule has 0 fully saturated rings. The lowest BCUT2D eigenvalue weighted by molar-refractivity contribution is 0.702. The van der Waals surface area contributed by atoms with Gasteiger partial charge in [-0.1, -0.05) is 0 Å². The van der Waals surface area contributed by atoms with E-state index in [0.29, 0.717) is 24.0 Å². The van der Waals surface area contributed by atoms with Crippen LogP contribution in [0.15, 0.2) is 46.2 Å². The number of fused-ring (bicyclic) bond motifs is 1. The number of aromatic amines is 1. The number of anilines is 1. The van der Waals surface area contributed by atoms with Gasteiger partial charge in [0.2, 0.25) is 0 Å². The Bertz CT molecular complexity index is 1060. The molecule has 0 aliphatic rings. The maximum absolute atomic E-state index is 12.5.